The number of nitrogens with zero attached hydrogens (tertiary/aromatic N) is 2. The van der Waals surface area contributed by atoms with Gasteiger partial charge in [0.05, 0.1) is 5.69 Å². The Kier molecular flexibility index (Phi) is 3.21. The first-order valence-electron chi connectivity index (χ1n) is 4.53. The van der Waals surface area contributed by atoms with Crippen molar-refractivity contribution >= 4 is 27.5 Å². The molecule has 2 rings (SSSR count). The molecule has 2 nitrogen and oxygen atoms in total. The van der Waals surface area contributed by atoms with Crippen molar-refractivity contribution in [3.8, 4) is 11.3 Å². The van der Waals surface area contributed by atoms with Crippen LogP contribution >= 0.6 is 27.5 Å². The zero-order chi connectivity index (χ0) is 11.7. The Morgan fingerprint density at radius 1 is 1.25 bits per heavy atom. The molecule has 5 heteroatoms. The summed E-state index contributed by atoms with van der Waals surface area (Å²) < 4.78 is 14.4. The van der Waals surface area contributed by atoms with Gasteiger partial charge in [-0.05, 0) is 25.1 Å². The number of hydrogen-bond donors (Lipinski definition) is 0. The van der Waals surface area contributed by atoms with Crippen LogP contribution in [0.4, 0.5) is 4.39 Å². The van der Waals surface area contributed by atoms with Crippen molar-refractivity contribution in [3.05, 3.63) is 45.5 Å². The lowest BCUT2D eigenvalue weighted by molar-refractivity contribution is 0.630. The molecule has 0 radical (unpaired) electrons. The molecule has 0 spiro atoms. The Bertz CT molecular complexity index is 525. The second-order valence-electron chi connectivity index (χ2n) is 3.25. The molecule has 0 aliphatic rings. The van der Waals surface area contributed by atoms with Crippen LogP contribution in [0, 0.1) is 12.7 Å². The fourth-order valence-electron chi connectivity index (χ4n) is 1.36. The maximum Gasteiger partial charge on any atom is 0.133 e. The summed E-state index contributed by atoms with van der Waals surface area (Å²) in [6.07, 6.45) is 0. The lowest BCUT2D eigenvalue weighted by Crippen LogP contribution is -1.93. The Morgan fingerprint density at radius 2 is 2.00 bits per heavy atom. The minimum absolute atomic E-state index is 0.307. The topological polar surface area (TPSA) is 25.8 Å². The van der Waals surface area contributed by atoms with Gasteiger partial charge in [-0.1, -0.05) is 27.5 Å². The van der Waals surface area contributed by atoms with E-state index < -0.39 is 0 Å². The summed E-state index contributed by atoms with van der Waals surface area (Å²) in [5, 5.41) is 0.307. The molecule has 0 aliphatic heterocycles. The molecule has 16 heavy (non-hydrogen) atoms. The maximum atomic E-state index is 13.6. The molecule has 0 fully saturated rings. The van der Waals surface area contributed by atoms with Crippen LogP contribution in [0.15, 0.2) is 28.7 Å². The second kappa shape index (κ2) is 4.47. The van der Waals surface area contributed by atoms with Gasteiger partial charge in [0.1, 0.15) is 16.8 Å². The van der Waals surface area contributed by atoms with Crippen LogP contribution in [-0.2, 0) is 0 Å². The van der Waals surface area contributed by atoms with Crippen molar-refractivity contribution in [1.29, 1.82) is 0 Å². The van der Waals surface area contributed by atoms with E-state index in [-0.39, 0.29) is 5.82 Å². The highest BCUT2D eigenvalue weighted by Gasteiger charge is 2.09. The number of rotatable bonds is 1. The van der Waals surface area contributed by atoms with E-state index in [0.717, 1.165) is 4.47 Å². The Hall–Kier alpha value is -1.00. The van der Waals surface area contributed by atoms with Gasteiger partial charge in [-0.3, -0.25) is 0 Å². The summed E-state index contributed by atoms with van der Waals surface area (Å²) in [6, 6.07) is 6.21. The van der Waals surface area contributed by atoms with E-state index in [1.165, 1.54) is 6.07 Å². The van der Waals surface area contributed by atoms with Gasteiger partial charge in [-0.2, -0.15) is 0 Å². The fraction of sp³-hybridized carbons (Fsp3) is 0.0909. The Labute approximate surface area is 106 Å². The third kappa shape index (κ3) is 2.39. The average Bonchev–Trinajstić information content (AvgIpc) is 2.20. The van der Waals surface area contributed by atoms with Gasteiger partial charge < -0.3 is 0 Å². The predicted octanol–water partition coefficient (Wildman–Crippen LogP) is 4.01. The summed E-state index contributed by atoms with van der Waals surface area (Å²) >= 11 is 9.09. The van der Waals surface area contributed by atoms with Crippen molar-refractivity contribution in [2.75, 3.05) is 0 Å². The minimum atomic E-state index is -0.336. The Balaban J connectivity index is 2.62. The van der Waals surface area contributed by atoms with Gasteiger partial charge in [0.25, 0.3) is 0 Å². The number of hydrogen-bond acceptors (Lipinski definition) is 2. The van der Waals surface area contributed by atoms with Crippen molar-refractivity contribution in [2.24, 2.45) is 0 Å². The summed E-state index contributed by atoms with van der Waals surface area (Å²) in [4.78, 5) is 8.08. The van der Waals surface area contributed by atoms with E-state index in [9.17, 15) is 4.39 Å². The summed E-state index contributed by atoms with van der Waals surface area (Å²) in [6.45, 7) is 1.71. The molecule has 0 N–H and O–H groups in total. The lowest BCUT2D eigenvalue weighted by Gasteiger charge is -2.04. The van der Waals surface area contributed by atoms with Gasteiger partial charge in [0, 0.05) is 16.1 Å². The molecular weight excluding hydrogens is 294 g/mol. The van der Waals surface area contributed by atoms with Crippen LogP contribution in [-0.4, -0.2) is 9.97 Å². The highest BCUT2D eigenvalue weighted by atomic mass is 79.9. The third-order valence-electron chi connectivity index (χ3n) is 2.01. The second-order valence-corrected chi connectivity index (χ2v) is 4.55. The van der Waals surface area contributed by atoms with E-state index in [0.29, 0.717) is 22.2 Å². The van der Waals surface area contributed by atoms with Crippen LogP contribution < -0.4 is 0 Å². The van der Waals surface area contributed by atoms with Gasteiger partial charge in [-0.15, -0.1) is 0 Å². The number of aromatic nitrogens is 2. The molecule has 1 heterocycles. The van der Waals surface area contributed by atoms with Crippen molar-refractivity contribution in [2.45, 2.75) is 6.92 Å². The van der Waals surface area contributed by atoms with Crippen LogP contribution in [0.5, 0.6) is 0 Å². The molecule has 0 amide bonds. The molecule has 1 aromatic heterocycles. The largest absolute Gasteiger partial charge is 0.233 e. The van der Waals surface area contributed by atoms with Crippen LogP contribution in [0.3, 0.4) is 0 Å². The molecule has 82 valence electrons. The zero-order valence-electron chi connectivity index (χ0n) is 8.34. The first-order valence-corrected chi connectivity index (χ1v) is 5.70. The summed E-state index contributed by atoms with van der Waals surface area (Å²) in [5.74, 6) is 0.180. The highest BCUT2D eigenvalue weighted by molar-refractivity contribution is 9.10. The quantitative estimate of drug-likeness (QED) is 0.744. The van der Waals surface area contributed by atoms with E-state index >= 15 is 0 Å². The first-order chi connectivity index (χ1) is 7.56. The fourth-order valence-corrected chi connectivity index (χ4v) is 1.95. The van der Waals surface area contributed by atoms with Gasteiger partial charge in [0.2, 0.25) is 0 Å². The SMILES string of the molecule is Cc1nc(Cl)cc(-c2cc(Br)ccc2F)n1. The molecular formula is C11H7BrClFN2. The Morgan fingerprint density at radius 3 is 2.69 bits per heavy atom. The third-order valence-corrected chi connectivity index (χ3v) is 2.70. The molecule has 0 atom stereocenters. The van der Waals surface area contributed by atoms with E-state index in [1.54, 1.807) is 25.1 Å². The normalized spacial score (nSPS) is 10.5. The standard InChI is InChI=1S/C11H7BrClFN2/c1-6-15-10(5-11(13)16-6)8-4-7(12)2-3-9(8)14/h2-5H,1H3. The highest BCUT2D eigenvalue weighted by Crippen LogP contribution is 2.26. The zero-order valence-corrected chi connectivity index (χ0v) is 10.7. The molecule has 0 bridgehead atoms. The molecule has 0 unspecified atom stereocenters. The smallest absolute Gasteiger partial charge is 0.133 e. The van der Waals surface area contributed by atoms with Gasteiger partial charge >= 0.3 is 0 Å². The van der Waals surface area contributed by atoms with Gasteiger partial charge in [-0.25, -0.2) is 14.4 Å². The van der Waals surface area contributed by atoms with Crippen LogP contribution in [0.25, 0.3) is 11.3 Å². The minimum Gasteiger partial charge on any atom is -0.233 e. The molecule has 0 aliphatic carbocycles. The predicted molar refractivity (Wildman–Crippen MR) is 64.9 cm³/mol. The molecule has 2 aromatic rings. The summed E-state index contributed by atoms with van der Waals surface area (Å²) in [5.41, 5.74) is 0.887. The first kappa shape index (κ1) is 11.5. The molecule has 1 aromatic carbocycles. The van der Waals surface area contributed by atoms with Crippen LogP contribution in [0.1, 0.15) is 5.82 Å². The van der Waals surface area contributed by atoms with Crippen molar-refractivity contribution in [1.82, 2.24) is 9.97 Å². The summed E-state index contributed by atoms with van der Waals surface area (Å²) in [7, 11) is 0. The van der Waals surface area contributed by atoms with Gasteiger partial charge in [0.15, 0.2) is 0 Å². The van der Waals surface area contributed by atoms with Crippen molar-refractivity contribution in [3.63, 3.8) is 0 Å². The lowest BCUT2D eigenvalue weighted by atomic mass is 10.1. The van der Waals surface area contributed by atoms with Crippen molar-refractivity contribution < 1.29 is 4.39 Å². The van der Waals surface area contributed by atoms with E-state index in [4.69, 9.17) is 11.6 Å². The monoisotopic (exact) mass is 300 g/mol. The van der Waals surface area contributed by atoms with E-state index in [1.807, 2.05) is 0 Å². The molecule has 0 saturated carbocycles. The number of aryl methyl sites for hydroxylation is 1. The number of halogens is 3. The molecule has 0 saturated heterocycles. The number of benzene rings is 1. The maximum absolute atomic E-state index is 13.6. The average molecular weight is 302 g/mol. The van der Waals surface area contributed by atoms with E-state index in [2.05, 4.69) is 25.9 Å². The van der Waals surface area contributed by atoms with Crippen LogP contribution in [0.2, 0.25) is 5.15 Å².